The van der Waals surface area contributed by atoms with Crippen molar-refractivity contribution in [1.29, 1.82) is 0 Å². The van der Waals surface area contributed by atoms with E-state index >= 15 is 0 Å². The third kappa shape index (κ3) is 7.01. The van der Waals surface area contributed by atoms with Gasteiger partial charge in [-0.2, -0.15) is 0 Å². The molecule has 2 aromatic carbocycles. The number of hydrogen-bond acceptors (Lipinski definition) is 6. The van der Waals surface area contributed by atoms with E-state index < -0.39 is 5.91 Å². The van der Waals surface area contributed by atoms with Gasteiger partial charge in [-0.05, 0) is 60.9 Å². The average Bonchev–Trinajstić information content (AvgIpc) is 2.82. The van der Waals surface area contributed by atoms with E-state index in [-0.39, 0.29) is 29.3 Å². The van der Waals surface area contributed by atoms with Crippen molar-refractivity contribution in [3.63, 3.8) is 0 Å². The molecule has 0 aliphatic heterocycles. The molecule has 0 spiro atoms. The molecule has 2 aromatic rings. The Kier molecular flexibility index (Phi) is 9.20. The Labute approximate surface area is 211 Å². The zero-order chi connectivity index (χ0) is 25.5. The number of carbonyl (C=O) groups excluding carboxylic acids is 3. The lowest BCUT2D eigenvalue weighted by molar-refractivity contribution is -0.152. The Hall–Kier alpha value is -3.00. The highest BCUT2D eigenvalue weighted by atomic mass is 32.2. The zero-order valence-corrected chi connectivity index (χ0v) is 21.5. The van der Waals surface area contributed by atoms with E-state index in [1.807, 2.05) is 6.07 Å². The maximum absolute atomic E-state index is 13.1. The van der Waals surface area contributed by atoms with Gasteiger partial charge in [-0.3, -0.25) is 14.4 Å². The lowest BCUT2D eigenvalue weighted by atomic mass is 9.75. The van der Waals surface area contributed by atoms with Crippen LogP contribution in [0.2, 0.25) is 0 Å². The molecule has 0 radical (unpaired) electrons. The summed E-state index contributed by atoms with van der Waals surface area (Å²) in [6.45, 7) is 6.56. The van der Waals surface area contributed by atoms with Crippen LogP contribution in [0.1, 0.15) is 60.7 Å². The summed E-state index contributed by atoms with van der Waals surface area (Å²) in [7, 11) is 1.47. The number of primary amides is 1. The third-order valence-corrected chi connectivity index (χ3v) is 7.50. The second-order valence-electron chi connectivity index (χ2n) is 9.37. The minimum atomic E-state index is -0.607. The monoisotopic (exact) mass is 498 g/mol. The highest BCUT2D eigenvalue weighted by molar-refractivity contribution is 8.00. The minimum Gasteiger partial charge on any atom is -0.495 e. The van der Waals surface area contributed by atoms with Crippen LogP contribution in [-0.2, 0) is 9.53 Å². The van der Waals surface area contributed by atoms with Crippen molar-refractivity contribution < 1.29 is 23.9 Å². The Bertz CT molecular complexity index is 1070. The molecule has 1 aliphatic carbocycles. The molecule has 8 heteroatoms. The van der Waals surface area contributed by atoms with Gasteiger partial charge in [-0.15, -0.1) is 11.8 Å². The van der Waals surface area contributed by atoms with E-state index in [1.165, 1.54) is 37.4 Å². The molecule has 0 bridgehead atoms. The quantitative estimate of drug-likeness (QED) is 0.366. The van der Waals surface area contributed by atoms with Crippen molar-refractivity contribution in [1.82, 2.24) is 0 Å². The summed E-state index contributed by atoms with van der Waals surface area (Å²) in [6.07, 6.45) is 3.08. The number of esters is 1. The number of thioether (sulfide) groups is 1. The standard InChI is InChI=1S/C27H34N2O5S/c1-16(2)19-11-9-17(3)13-23(19)34-25(30)15-35-24-8-6-5-7-20(24)27(32)29-21-14-18(26(28)31)10-12-22(21)33-4/h5-8,10,12,14,16-17,19,23H,9,11,13,15H2,1-4H3,(H2,28,31)(H,29,32). The Morgan fingerprint density at radius 3 is 2.57 bits per heavy atom. The summed E-state index contributed by atoms with van der Waals surface area (Å²) in [6, 6.07) is 11.6. The zero-order valence-electron chi connectivity index (χ0n) is 20.7. The largest absolute Gasteiger partial charge is 0.495 e. The molecule has 1 aliphatic rings. The SMILES string of the molecule is COc1ccc(C(N)=O)cc1NC(=O)c1ccccc1SCC(=O)OC1CC(C)CCC1C(C)C. The van der Waals surface area contributed by atoms with E-state index in [0.29, 0.717) is 39.6 Å². The van der Waals surface area contributed by atoms with Gasteiger partial charge in [0, 0.05) is 10.5 Å². The van der Waals surface area contributed by atoms with E-state index in [4.69, 9.17) is 15.2 Å². The highest BCUT2D eigenvalue weighted by Crippen LogP contribution is 2.36. The van der Waals surface area contributed by atoms with Crippen molar-refractivity contribution in [2.24, 2.45) is 23.5 Å². The molecule has 188 valence electrons. The van der Waals surface area contributed by atoms with Gasteiger partial charge in [0.15, 0.2) is 0 Å². The number of anilines is 1. The first-order valence-electron chi connectivity index (χ1n) is 11.9. The maximum atomic E-state index is 13.1. The summed E-state index contributed by atoms with van der Waals surface area (Å²) >= 11 is 1.27. The molecule has 2 amide bonds. The van der Waals surface area contributed by atoms with Crippen molar-refractivity contribution in [2.75, 3.05) is 18.2 Å². The number of methoxy groups -OCH3 is 1. The molecule has 1 saturated carbocycles. The van der Waals surface area contributed by atoms with Gasteiger partial charge in [0.1, 0.15) is 11.9 Å². The first-order chi connectivity index (χ1) is 16.7. The van der Waals surface area contributed by atoms with Crippen LogP contribution in [0.4, 0.5) is 5.69 Å². The number of hydrogen-bond donors (Lipinski definition) is 2. The van der Waals surface area contributed by atoms with E-state index in [1.54, 1.807) is 24.3 Å². The molecule has 0 heterocycles. The molecular formula is C27H34N2O5S. The topological polar surface area (TPSA) is 108 Å². The number of benzene rings is 2. The molecule has 3 rings (SSSR count). The number of nitrogens with one attached hydrogen (secondary N) is 1. The average molecular weight is 499 g/mol. The fourth-order valence-corrected chi connectivity index (χ4v) is 5.35. The predicted octanol–water partition coefficient (Wildman–Crippen LogP) is 5.14. The fourth-order valence-electron chi connectivity index (χ4n) is 4.52. The molecule has 3 unspecified atom stereocenters. The van der Waals surface area contributed by atoms with Gasteiger partial charge in [0.05, 0.1) is 24.1 Å². The Balaban J connectivity index is 1.68. The lowest BCUT2D eigenvalue weighted by Gasteiger charge is -2.36. The molecule has 0 aromatic heterocycles. The fraction of sp³-hybridized carbons (Fsp3) is 0.444. The second-order valence-corrected chi connectivity index (χ2v) is 10.4. The van der Waals surface area contributed by atoms with Crippen molar-refractivity contribution in [3.05, 3.63) is 53.6 Å². The summed E-state index contributed by atoms with van der Waals surface area (Å²) < 4.78 is 11.2. The predicted molar refractivity (Wildman–Crippen MR) is 138 cm³/mol. The second kappa shape index (κ2) is 12.1. The molecule has 1 fully saturated rings. The smallest absolute Gasteiger partial charge is 0.316 e. The van der Waals surface area contributed by atoms with Crippen LogP contribution in [-0.4, -0.2) is 36.8 Å². The van der Waals surface area contributed by atoms with Gasteiger partial charge >= 0.3 is 5.97 Å². The summed E-state index contributed by atoms with van der Waals surface area (Å²) in [5.41, 5.74) is 6.36. The van der Waals surface area contributed by atoms with Crippen LogP contribution in [0.5, 0.6) is 5.75 Å². The number of carbonyl (C=O) groups is 3. The van der Waals surface area contributed by atoms with Crippen LogP contribution < -0.4 is 15.8 Å². The molecule has 7 nitrogen and oxygen atoms in total. The summed E-state index contributed by atoms with van der Waals surface area (Å²) in [5.74, 6) is 0.633. The van der Waals surface area contributed by atoms with Crippen LogP contribution in [0.15, 0.2) is 47.4 Å². The minimum absolute atomic E-state index is 0.0598. The Morgan fingerprint density at radius 1 is 1.14 bits per heavy atom. The van der Waals surface area contributed by atoms with Gasteiger partial charge in [-0.1, -0.05) is 39.3 Å². The van der Waals surface area contributed by atoms with Crippen LogP contribution in [0.3, 0.4) is 0 Å². The van der Waals surface area contributed by atoms with Crippen LogP contribution in [0.25, 0.3) is 0 Å². The number of rotatable bonds is 9. The Morgan fingerprint density at radius 2 is 1.89 bits per heavy atom. The molecule has 3 N–H and O–H groups in total. The third-order valence-electron chi connectivity index (χ3n) is 6.45. The van der Waals surface area contributed by atoms with E-state index in [9.17, 15) is 14.4 Å². The molecule has 35 heavy (non-hydrogen) atoms. The van der Waals surface area contributed by atoms with Gasteiger partial charge in [0.2, 0.25) is 5.91 Å². The highest BCUT2D eigenvalue weighted by Gasteiger charge is 2.33. The maximum Gasteiger partial charge on any atom is 0.316 e. The summed E-state index contributed by atoms with van der Waals surface area (Å²) in [5, 5.41) is 2.79. The van der Waals surface area contributed by atoms with Crippen molar-refractivity contribution >= 4 is 35.2 Å². The lowest BCUT2D eigenvalue weighted by Crippen LogP contribution is -2.36. The number of amides is 2. The summed E-state index contributed by atoms with van der Waals surface area (Å²) in [4.78, 5) is 38.0. The van der Waals surface area contributed by atoms with Crippen molar-refractivity contribution in [3.8, 4) is 5.75 Å². The number of nitrogens with two attached hydrogens (primary N) is 1. The van der Waals surface area contributed by atoms with Gasteiger partial charge in [-0.25, -0.2) is 0 Å². The normalized spacial score (nSPS) is 19.7. The van der Waals surface area contributed by atoms with E-state index in [2.05, 4.69) is 26.1 Å². The van der Waals surface area contributed by atoms with Gasteiger partial charge < -0.3 is 20.5 Å². The molecular weight excluding hydrogens is 464 g/mol. The van der Waals surface area contributed by atoms with Crippen LogP contribution in [0, 0.1) is 17.8 Å². The van der Waals surface area contributed by atoms with E-state index in [0.717, 1.165) is 12.8 Å². The first-order valence-corrected chi connectivity index (χ1v) is 12.9. The molecule has 3 atom stereocenters. The van der Waals surface area contributed by atoms with Gasteiger partial charge in [0.25, 0.3) is 5.91 Å². The van der Waals surface area contributed by atoms with Crippen molar-refractivity contribution in [2.45, 2.75) is 51.0 Å². The van der Waals surface area contributed by atoms with Crippen LogP contribution >= 0.6 is 11.8 Å². The first kappa shape index (κ1) is 26.6. The molecule has 0 saturated heterocycles. The number of ether oxygens (including phenoxy) is 2.